The Kier molecular flexibility index (Phi) is 5.47. The van der Waals surface area contributed by atoms with Crippen molar-refractivity contribution in [3.05, 3.63) is 33.8 Å². The molecule has 0 N–H and O–H groups in total. The predicted molar refractivity (Wildman–Crippen MR) is 104 cm³/mol. The van der Waals surface area contributed by atoms with Gasteiger partial charge >= 0.3 is 0 Å². The molecule has 1 spiro atoms. The van der Waals surface area contributed by atoms with Gasteiger partial charge in [0.15, 0.2) is 0 Å². The monoisotopic (exact) mass is 396 g/mol. The number of carbonyl (C=O) groups is 1. The Labute approximate surface area is 165 Å². The molecule has 2 heterocycles. The summed E-state index contributed by atoms with van der Waals surface area (Å²) in [5.74, 6) is 0.260. The molecule has 1 atom stereocenters. The Morgan fingerprint density at radius 3 is 2.50 bits per heavy atom. The van der Waals surface area contributed by atoms with Gasteiger partial charge in [0.25, 0.3) is 0 Å². The van der Waals surface area contributed by atoms with Crippen LogP contribution < -0.4 is 0 Å². The molecular weight excluding hydrogens is 371 g/mol. The van der Waals surface area contributed by atoms with Gasteiger partial charge < -0.3 is 9.64 Å². The van der Waals surface area contributed by atoms with Gasteiger partial charge in [0, 0.05) is 38.6 Å². The fourth-order valence-electron chi connectivity index (χ4n) is 4.59. The Morgan fingerprint density at radius 2 is 1.88 bits per heavy atom. The van der Waals surface area contributed by atoms with Crippen molar-refractivity contribution < 1.29 is 9.53 Å². The van der Waals surface area contributed by atoms with E-state index in [1.165, 1.54) is 25.7 Å². The molecule has 4 rings (SSSR count). The zero-order valence-electron chi connectivity index (χ0n) is 15.1. The fraction of sp³-hybridized carbons (Fsp3) is 0.650. The lowest BCUT2D eigenvalue weighted by Crippen LogP contribution is -2.42. The normalized spacial score (nSPS) is 23.8. The molecule has 142 valence electrons. The van der Waals surface area contributed by atoms with Crippen LogP contribution in [0, 0.1) is 5.41 Å². The summed E-state index contributed by atoms with van der Waals surface area (Å²) in [5.41, 5.74) is 1.50. The van der Waals surface area contributed by atoms with E-state index in [0.29, 0.717) is 35.1 Å². The van der Waals surface area contributed by atoms with Crippen molar-refractivity contribution in [1.82, 2.24) is 9.80 Å². The highest BCUT2D eigenvalue weighted by Crippen LogP contribution is 2.48. The maximum atomic E-state index is 13.1. The van der Waals surface area contributed by atoms with Crippen LogP contribution in [0.15, 0.2) is 18.2 Å². The number of morpholine rings is 1. The van der Waals surface area contributed by atoms with Crippen molar-refractivity contribution in [2.45, 2.75) is 38.1 Å². The number of hydrogen-bond donors (Lipinski definition) is 0. The highest BCUT2D eigenvalue weighted by Gasteiger charge is 2.44. The first-order chi connectivity index (χ1) is 12.6. The Bertz CT molecular complexity index is 672. The third kappa shape index (κ3) is 3.75. The van der Waals surface area contributed by atoms with Crippen molar-refractivity contribution in [3.63, 3.8) is 0 Å². The molecular formula is C20H26Cl2N2O2. The largest absolute Gasteiger partial charge is 0.379 e. The molecule has 1 aromatic rings. The second kappa shape index (κ2) is 7.67. The molecule has 1 saturated carbocycles. The second-order valence-corrected chi connectivity index (χ2v) is 8.78. The SMILES string of the molecule is O=C(CC(c1ccc(Cl)c(Cl)c1)N1CCOCC1)N1CCC2(CCC2)C1. The quantitative estimate of drug-likeness (QED) is 0.765. The van der Waals surface area contributed by atoms with E-state index in [-0.39, 0.29) is 11.9 Å². The van der Waals surface area contributed by atoms with Gasteiger partial charge in [0.05, 0.1) is 23.3 Å². The molecule has 3 fully saturated rings. The lowest BCUT2D eigenvalue weighted by atomic mass is 9.68. The van der Waals surface area contributed by atoms with Crippen LogP contribution in [0.25, 0.3) is 0 Å². The van der Waals surface area contributed by atoms with E-state index in [1.54, 1.807) is 0 Å². The van der Waals surface area contributed by atoms with Gasteiger partial charge in [-0.1, -0.05) is 35.7 Å². The van der Waals surface area contributed by atoms with E-state index in [0.717, 1.165) is 31.7 Å². The van der Waals surface area contributed by atoms with Crippen molar-refractivity contribution in [1.29, 1.82) is 0 Å². The van der Waals surface area contributed by atoms with Crippen molar-refractivity contribution in [2.75, 3.05) is 39.4 Å². The second-order valence-electron chi connectivity index (χ2n) is 7.96. The van der Waals surface area contributed by atoms with Crippen LogP contribution in [-0.4, -0.2) is 55.1 Å². The van der Waals surface area contributed by atoms with Crippen LogP contribution in [-0.2, 0) is 9.53 Å². The van der Waals surface area contributed by atoms with Crippen molar-refractivity contribution in [3.8, 4) is 0 Å². The molecule has 1 amide bonds. The first-order valence-corrected chi connectivity index (χ1v) is 10.4. The number of benzene rings is 1. The lowest BCUT2D eigenvalue weighted by molar-refractivity contribution is -0.132. The molecule has 1 aliphatic carbocycles. The third-order valence-electron chi connectivity index (χ3n) is 6.39. The molecule has 0 bridgehead atoms. The molecule has 2 saturated heterocycles. The number of ether oxygens (including phenoxy) is 1. The maximum absolute atomic E-state index is 13.1. The van der Waals surface area contributed by atoms with E-state index in [1.807, 2.05) is 18.2 Å². The summed E-state index contributed by atoms with van der Waals surface area (Å²) in [6.07, 6.45) is 5.57. The molecule has 6 heteroatoms. The van der Waals surface area contributed by atoms with E-state index in [9.17, 15) is 4.79 Å². The van der Waals surface area contributed by atoms with Crippen molar-refractivity contribution in [2.24, 2.45) is 5.41 Å². The van der Waals surface area contributed by atoms with Crippen molar-refractivity contribution >= 4 is 29.1 Å². The van der Waals surface area contributed by atoms with Gasteiger partial charge in [0.1, 0.15) is 0 Å². The minimum absolute atomic E-state index is 0.0270. The average molecular weight is 397 g/mol. The lowest BCUT2D eigenvalue weighted by Gasteiger charge is -2.38. The number of carbonyl (C=O) groups excluding carboxylic acids is 1. The number of likely N-dealkylation sites (tertiary alicyclic amines) is 1. The summed E-state index contributed by atoms with van der Waals surface area (Å²) >= 11 is 12.3. The molecule has 3 aliphatic rings. The minimum atomic E-state index is 0.0270. The molecule has 2 aliphatic heterocycles. The van der Waals surface area contributed by atoms with E-state index in [4.69, 9.17) is 27.9 Å². The van der Waals surface area contributed by atoms with E-state index >= 15 is 0 Å². The highest BCUT2D eigenvalue weighted by atomic mass is 35.5. The summed E-state index contributed by atoms with van der Waals surface area (Å²) in [6.45, 7) is 4.95. The number of hydrogen-bond acceptors (Lipinski definition) is 3. The first kappa shape index (κ1) is 18.5. The van der Waals surface area contributed by atoms with E-state index < -0.39 is 0 Å². The maximum Gasteiger partial charge on any atom is 0.224 e. The summed E-state index contributed by atoms with van der Waals surface area (Å²) in [7, 11) is 0. The predicted octanol–water partition coefficient (Wildman–Crippen LogP) is 4.16. The first-order valence-electron chi connectivity index (χ1n) is 9.61. The summed E-state index contributed by atoms with van der Waals surface area (Å²) in [5, 5.41) is 1.10. The van der Waals surface area contributed by atoms with Gasteiger partial charge in [-0.05, 0) is 42.4 Å². The third-order valence-corrected chi connectivity index (χ3v) is 7.13. The zero-order valence-corrected chi connectivity index (χ0v) is 16.6. The topological polar surface area (TPSA) is 32.8 Å². The number of nitrogens with zero attached hydrogens (tertiary/aromatic N) is 2. The Morgan fingerprint density at radius 1 is 1.12 bits per heavy atom. The molecule has 1 aromatic carbocycles. The smallest absolute Gasteiger partial charge is 0.224 e. The summed E-state index contributed by atoms with van der Waals surface area (Å²) < 4.78 is 5.50. The van der Waals surface area contributed by atoms with Gasteiger partial charge in [-0.15, -0.1) is 0 Å². The average Bonchev–Trinajstić information content (AvgIpc) is 3.09. The van der Waals surface area contributed by atoms with Crippen LogP contribution in [0.4, 0.5) is 0 Å². The number of halogens is 2. The fourth-order valence-corrected chi connectivity index (χ4v) is 4.90. The van der Waals surface area contributed by atoms with Gasteiger partial charge in [0.2, 0.25) is 5.91 Å². The summed E-state index contributed by atoms with van der Waals surface area (Å²) in [4.78, 5) is 17.5. The van der Waals surface area contributed by atoms with Crippen LogP contribution in [0.2, 0.25) is 10.0 Å². The molecule has 0 aromatic heterocycles. The van der Waals surface area contributed by atoms with Crippen LogP contribution in [0.1, 0.15) is 43.7 Å². The van der Waals surface area contributed by atoms with Gasteiger partial charge in [-0.25, -0.2) is 0 Å². The Hall–Kier alpha value is -0.810. The molecule has 1 unspecified atom stereocenters. The standard InChI is InChI=1S/C20H26Cl2N2O2/c21-16-3-2-15(12-17(16)22)18(23-8-10-26-11-9-23)13-19(25)24-7-6-20(14-24)4-1-5-20/h2-3,12,18H,1,4-11,13-14H2. The minimum Gasteiger partial charge on any atom is -0.379 e. The van der Waals surface area contributed by atoms with Gasteiger partial charge in [-0.3, -0.25) is 9.69 Å². The van der Waals surface area contributed by atoms with E-state index in [2.05, 4.69) is 9.80 Å². The van der Waals surface area contributed by atoms with Crippen LogP contribution in [0.5, 0.6) is 0 Å². The van der Waals surface area contributed by atoms with Crippen LogP contribution in [0.3, 0.4) is 0 Å². The molecule has 0 radical (unpaired) electrons. The summed E-state index contributed by atoms with van der Waals surface area (Å²) in [6, 6.07) is 5.77. The van der Waals surface area contributed by atoms with Crippen LogP contribution >= 0.6 is 23.2 Å². The molecule has 26 heavy (non-hydrogen) atoms. The van der Waals surface area contributed by atoms with Gasteiger partial charge in [-0.2, -0.15) is 0 Å². The highest BCUT2D eigenvalue weighted by molar-refractivity contribution is 6.42. The zero-order chi connectivity index (χ0) is 18.1. The molecule has 4 nitrogen and oxygen atoms in total. The Balaban J connectivity index is 1.50. The number of rotatable bonds is 4. The number of amides is 1.